The minimum atomic E-state index is -1.84. The van der Waals surface area contributed by atoms with Crippen LogP contribution in [0, 0.1) is 0 Å². The molecule has 8 heavy (non-hydrogen) atoms. The van der Waals surface area contributed by atoms with Crippen LogP contribution in [0.1, 0.15) is 0 Å². The second-order valence-corrected chi connectivity index (χ2v) is 3.00. The van der Waals surface area contributed by atoms with Crippen LogP contribution in [0.25, 0.3) is 0 Å². The van der Waals surface area contributed by atoms with Gasteiger partial charge in [-0.2, -0.15) is 11.8 Å². The number of thioether (sulfide) groups is 1. The van der Waals surface area contributed by atoms with E-state index in [0.29, 0.717) is 5.75 Å². The number of rotatable bonds is 3. The molecule has 0 radical (unpaired) electrons. The van der Waals surface area contributed by atoms with E-state index in [1.807, 2.05) is 6.26 Å². The molecule has 0 bridgehead atoms. The van der Waals surface area contributed by atoms with Crippen LogP contribution in [0.15, 0.2) is 0 Å². The molecule has 0 aliphatic heterocycles. The molecule has 0 amide bonds. The van der Waals surface area contributed by atoms with Crippen LogP contribution >= 0.6 is 11.8 Å². The molecule has 0 fully saturated rings. The fraction of sp³-hybridized carbons (Fsp3) is 1.00. The molecule has 0 aromatic rings. The van der Waals surface area contributed by atoms with Crippen LogP contribution in [-0.4, -0.2) is 26.5 Å². The van der Waals surface area contributed by atoms with Crippen molar-refractivity contribution < 1.29 is 38.3 Å². The van der Waals surface area contributed by atoms with Crippen molar-refractivity contribution in [2.75, 3.05) is 17.8 Å². The fourth-order valence-corrected chi connectivity index (χ4v) is 1.36. The Bertz CT molecular complexity index is 68.3. The summed E-state index contributed by atoms with van der Waals surface area (Å²) in [5.41, 5.74) is 0. The summed E-state index contributed by atoms with van der Waals surface area (Å²) in [6.07, 6.45) is 1.88. The van der Waals surface area contributed by atoms with Gasteiger partial charge in [0.05, 0.1) is 0 Å². The summed E-state index contributed by atoms with van der Waals surface area (Å²) in [6.45, 7) is 0. The van der Waals surface area contributed by atoms with Gasteiger partial charge in [0.25, 0.3) is 0 Å². The molecule has 0 spiro atoms. The van der Waals surface area contributed by atoms with Gasteiger partial charge in [0, 0.05) is 11.5 Å². The van der Waals surface area contributed by atoms with Crippen LogP contribution < -0.4 is 29.6 Å². The Labute approximate surface area is 78.4 Å². The van der Waals surface area contributed by atoms with Crippen molar-refractivity contribution in [3.63, 3.8) is 0 Å². The van der Waals surface area contributed by atoms with Gasteiger partial charge in [-0.15, -0.1) is 0 Å². The summed E-state index contributed by atoms with van der Waals surface area (Å²) in [7, 11) is 0. The quantitative estimate of drug-likeness (QED) is 0.333. The predicted octanol–water partition coefficient (Wildman–Crippen LogP) is -2.77. The third-order valence-corrected chi connectivity index (χ3v) is 1.86. The van der Waals surface area contributed by atoms with Crippen molar-refractivity contribution in [1.82, 2.24) is 0 Å². The number of hydrogen-bond acceptors (Lipinski definition) is 3. The van der Waals surface area contributed by atoms with E-state index in [-0.39, 0.29) is 35.3 Å². The van der Waals surface area contributed by atoms with Gasteiger partial charge in [-0.25, -0.2) is 0 Å². The van der Waals surface area contributed by atoms with E-state index >= 15 is 0 Å². The largest absolute Gasteiger partial charge is 1.00 e. The fourth-order valence-electron chi connectivity index (χ4n) is 0.151. The van der Waals surface area contributed by atoms with E-state index in [0.717, 1.165) is 0 Å². The zero-order valence-corrected chi connectivity index (χ0v) is 8.68. The molecule has 0 aliphatic rings. The van der Waals surface area contributed by atoms with Crippen molar-refractivity contribution in [2.24, 2.45) is 0 Å². The van der Waals surface area contributed by atoms with E-state index in [2.05, 4.69) is 0 Å². The van der Waals surface area contributed by atoms with E-state index in [9.17, 15) is 8.76 Å². The topological polar surface area (TPSA) is 40.1 Å². The van der Waals surface area contributed by atoms with Crippen LogP contribution in [0.3, 0.4) is 0 Å². The zero-order valence-electron chi connectivity index (χ0n) is 5.05. The Hall–Kier alpha value is 1.46. The molecule has 0 N–H and O–H groups in total. The van der Waals surface area contributed by atoms with Crippen LogP contribution in [-0.2, 0) is 11.1 Å². The van der Waals surface area contributed by atoms with Crippen molar-refractivity contribution in [3.8, 4) is 0 Å². The minimum Gasteiger partial charge on any atom is -0.772 e. The van der Waals surface area contributed by atoms with E-state index in [4.69, 9.17) is 0 Å². The van der Waals surface area contributed by atoms with Gasteiger partial charge in [-0.05, 0) is 6.26 Å². The third-order valence-electron chi connectivity index (χ3n) is 0.454. The maximum Gasteiger partial charge on any atom is 1.00 e. The summed E-state index contributed by atoms with van der Waals surface area (Å²) >= 11 is -0.299. The maximum atomic E-state index is 9.74. The standard InChI is InChI=1S/C3H8O2S2.Na/c1-6-2-3-7(4)5;/h2-3H2,1H3,(H,4,5);/q;+1/p-1. The van der Waals surface area contributed by atoms with Crippen LogP contribution in [0.2, 0.25) is 0 Å². The zero-order chi connectivity index (χ0) is 5.70. The Morgan fingerprint density at radius 3 is 2.38 bits per heavy atom. The van der Waals surface area contributed by atoms with Gasteiger partial charge in [0.15, 0.2) is 0 Å². The third kappa shape index (κ3) is 10.4. The Kier molecular flexibility index (Phi) is 12.9. The first-order chi connectivity index (χ1) is 3.27. The van der Waals surface area contributed by atoms with Crippen molar-refractivity contribution in [2.45, 2.75) is 0 Å². The SMILES string of the molecule is CSCCS(=O)[O-].[Na+]. The first-order valence-electron chi connectivity index (χ1n) is 1.82. The molecule has 2 nitrogen and oxygen atoms in total. The van der Waals surface area contributed by atoms with Crippen LogP contribution in [0.5, 0.6) is 0 Å². The molecular formula is C3H7NaO2S2. The molecule has 0 rings (SSSR count). The van der Waals surface area contributed by atoms with E-state index in [1.54, 1.807) is 0 Å². The number of hydrogen-bond donors (Lipinski definition) is 0. The first-order valence-corrected chi connectivity index (χ1v) is 4.46. The molecule has 1 unspecified atom stereocenters. The van der Waals surface area contributed by atoms with E-state index in [1.165, 1.54) is 11.8 Å². The molecule has 0 heterocycles. The van der Waals surface area contributed by atoms with Gasteiger partial charge >= 0.3 is 29.6 Å². The second kappa shape index (κ2) is 8.46. The second-order valence-electron chi connectivity index (χ2n) is 1.00. The Morgan fingerprint density at radius 2 is 2.25 bits per heavy atom. The average Bonchev–Trinajstić information content (AvgIpc) is 1.61. The van der Waals surface area contributed by atoms with Crippen molar-refractivity contribution >= 4 is 22.8 Å². The molecule has 5 heteroatoms. The maximum absolute atomic E-state index is 9.74. The summed E-state index contributed by atoms with van der Waals surface area (Å²) in [6, 6.07) is 0. The Balaban J connectivity index is 0. The predicted molar refractivity (Wildman–Crippen MR) is 32.2 cm³/mol. The summed E-state index contributed by atoms with van der Waals surface area (Å²) in [4.78, 5) is 0. The monoisotopic (exact) mass is 162 g/mol. The molecule has 0 aromatic heterocycles. The van der Waals surface area contributed by atoms with Gasteiger partial charge in [0.1, 0.15) is 0 Å². The Morgan fingerprint density at radius 1 is 1.75 bits per heavy atom. The van der Waals surface area contributed by atoms with E-state index < -0.39 is 11.1 Å². The summed E-state index contributed by atoms with van der Waals surface area (Å²) in [5, 5.41) is 0. The minimum absolute atomic E-state index is 0. The van der Waals surface area contributed by atoms with Crippen LogP contribution in [0.4, 0.5) is 0 Å². The van der Waals surface area contributed by atoms with Crippen molar-refractivity contribution in [3.05, 3.63) is 0 Å². The summed E-state index contributed by atoms with van der Waals surface area (Å²) < 4.78 is 19.5. The van der Waals surface area contributed by atoms with Gasteiger partial charge in [0.2, 0.25) is 0 Å². The van der Waals surface area contributed by atoms with Gasteiger partial charge < -0.3 is 4.55 Å². The smallest absolute Gasteiger partial charge is 0.772 e. The molecular weight excluding hydrogens is 155 g/mol. The average molecular weight is 162 g/mol. The molecule has 1 atom stereocenters. The molecule has 0 saturated carbocycles. The normalized spacial score (nSPS) is 12.2. The summed E-state index contributed by atoms with van der Waals surface area (Å²) in [5.74, 6) is 0.983. The van der Waals surface area contributed by atoms with Gasteiger partial charge in [-0.1, -0.05) is 11.1 Å². The first kappa shape index (κ1) is 12.2. The molecule has 0 aromatic carbocycles. The molecule has 44 valence electrons. The van der Waals surface area contributed by atoms with Crippen molar-refractivity contribution in [1.29, 1.82) is 0 Å². The van der Waals surface area contributed by atoms with Gasteiger partial charge in [-0.3, -0.25) is 4.21 Å². The molecule has 0 aliphatic carbocycles. The molecule has 0 saturated heterocycles.